The van der Waals surface area contributed by atoms with Gasteiger partial charge in [0.2, 0.25) is 0 Å². The number of carbonyl (C=O) groups is 1. The van der Waals surface area contributed by atoms with Crippen molar-refractivity contribution < 1.29 is 47.2 Å². The molecule has 7 heavy (non-hydrogen) atoms. The van der Waals surface area contributed by atoms with Gasteiger partial charge in [0.1, 0.15) is 6.04 Å². The molecular weight excluding hydrogens is 249 g/mol. The van der Waals surface area contributed by atoms with Crippen LogP contribution < -0.4 is 5.73 Å². The van der Waals surface area contributed by atoms with E-state index >= 15 is 0 Å². The van der Waals surface area contributed by atoms with Crippen LogP contribution in [-0.2, 0) is 4.79 Å². The zero-order chi connectivity index (χ0) is 5.15. The summed E-state index contributed by atoms with van der Waals surface area (Å²) in [6, 6.07) is -0.731. The molecule has 0 unspecified atom stereocenters. The molecule has 0 aromatic rings. The van der Waals surface area contributed by atoms with Gasteiger partial charge in [-0.15, -0.1) is 0 Å². The van der Waals surface area contributed by atoms with E-state index in [1.54, 1.807) is 0 Å². The minimum Gasteiger partial charge on any atom is -0.480 e. The zero-order valence-corrected chi connectivity index (χ0v) is 5.65. The molecule has 0 saturated carbocycles. The first-order chi connectivity index (χ1) is 2.64. The van der Waals surface area contributed by atoms with Crippen LogP contribution in [0.3, 0.4) is 0 Å². The summed E-state index contributed by atoms with van der Waals surface area (Å²) in [6.45, 7) is 1.42. The number of nitrogens with two attached hydrogens (primary N) is 1. The van der Waals surface area contributed by atoms with Crippen LogP contribution in [0.1, 0.15) is 6.92 Å². The van der Waals surface area contributed by atoms with E-state index in [0.717, 1.165) is 0 Å². The molecule has 48 valence electrons. The molecule has 3 N–H and O–H groups in total. The van der Waals surface area contributed by atoms with Crippen LogP contribution in [0.25, 0.3) is 0 Å². The molecule has 0 fully saturated rings. The molecular formula is C3H7ErNO2. The average molecular weight is 256 g/mol. The minimum absolute atomic E-state index is 0. The predicted octanol–water partition coefficient (Wildman–Crippen LogP) is -0.582. The number of rotatable bonds is 1. The van der Waals surface area contributed by atoms with Crippen LogP contribution in [0.5, 0.6) is 0 Å². The van der Waals surface area contributed by atoms with Gasteiger partial charge in [-0.3, -0.25) is 4.79 Å². The molecule has 0 spiro atoms. The third kappa shape index (κ3) is 6.68. The molecule has 0 aromatic heterocycles. The fourth-order valence-electron chi connectivity index (χ4n) is 0. The van der Waals surface area contributed by atoms with E-state index in [4.69, 9.17) is 10.8 Å². The van der Waals surface area contributed by atoms with Gasteiger partial charge < -0.3 is 10.8 Å². The monoisotopic (exact) mass is 255 g/mol. The van der Waals surface area contributed by atoms with Gasteiger partial charge in [0, 0.05) is 37.3 Å². The molecule has 0 aromatic carbocycles. The van der Waals surface area contributed by atoms with Gasteiger partial charge >= 0.3 is 5.97 Å². The molecule has 0 aliphatic carbocycles. The maximum atomic E-state index is 9.57. The quantitative estimate of drug-likeness (QED) is 0.660. The number of carboxylic acids is 1. The Morgan fingerprint density at radius 1 is 1.86 bits per heavy atom. The summed E-state index contributed by atoms with van der Waals surface area (Å²) in [4.78, 5) is 9.57. The third-order valence-corrected chi connectivity index (χ3v) is 0.390. The molecule has 0 saturated heterocycles. The molecule has 0 aliphatic rings. The Bertz CT molecular complexity index is 64.0. The van der Waals surface area contributed by atoms with Crippen molar-refractivity contribution in [3.05, 3.63) is 0 Å². The largest absolute Gasteiger partial charge is 0.480 e. The summed E-state index contributed by atoms with van der Waals surface area (Å²) >= 11 is 0. The molecule has 0 rings (SSSR count). The molecule has 3 nitrogen and oxygen atoms in total. The van der Waals surface area contributed by atoms with Gasteiger partial charge in [0.15, 0.2) is 0 Å². The summed E-state index contributed by atoms with van der Waals surface area (Å²) in [5.74, 6) is -0.963. The van der Waals surface area contributed by atoms with Crippen LogP contribution >= 0.6 is 0 Å². The van der Waals surface area contributed by atoms with Crippen molar-refractivity contribution in [3.8, 4) is 0 Å². The van der Waals surface area contributed by atoms with E-state index in [2.05, 4.69) is 0 Å². The van der Waals surface area contributed by atoms with Crippen molar-refractivity contribution in [1.29, 1.82) is 0 Å². The summed E-state index contributed by atoms with van der Waals surface area (Å²) in [6.07, 6.45) is 0. The van der Waals surface area contributed by atoms with Crippen LogP contribution in [0.2, 0.25) is 0 Å². The fourth-order valence-corrected chi connectivity index (χ4v) is 0. The van der Waals surface area contributed by atoms with Gasteiger partial charge in [-0.1, -0.05) is 0 Å². The van der Waals surface area contributed by atoms with E-state index < -0.39 is 12.0 Å². The Morgan fingerprint density at radius 3 is 2.00 bits per heavy atom. The first-order valence-corrected chi connectivity index (χ1v) is 1.63. The van der Waals surface area contributed by atoms with Gasteiger partial charge in [-0.05, 0) is 6.92 Å². The molecule has 1 atom stereocenters. The van der Waals surface area contributed by atoms with E-state index in [0.29, 0.717) is 0 Å². The summed E-state index contributed by atoms with van der Waals surface area (Å²) in [5.41, 5.74) is 4.84. The first-order valence-electron chi connectivity index (χ1n) is 1.63. The first kappa shape index (κ1) is 10.6. The van der Waals surface area contributed by atoms with E-state index in [-0.39, 0.29) is 37.3 Å². The summed E-state index contributed by atoms with van der Waals surface area (Å²) in [7, 11) is 0. The van der Waals surface area contributed by atoms with E-state index in [9.17, 15) is 4.79 Å². The maximum absolute atomic E-state index is 9.57. The van der Waals surface area contributed by atoms with Crippen molar-refractivity contribution in [1.82, 2.24) is 0 Å². The van der Waals surface area contributed by atoms with Gasteiger partial charge in [-0.25, -0.2) is 0 Å². The molecule has 4 heteroatoms. The second-order valence-corrected chi connectivity index (χ2v) is 1.13. The SMILES string of the molecule is C[C@H](N)C(=O)O.[Er]. The number of hydrogen-bond donors (Lipinski definition) is 2. The van der Waals surface area contributed by atoms with E-state index in [1.165, 1.54) is 6.92 Å². The van der Waals surface area contributed by atoms with Crippen LogP contribution in [0.4, 0.5) is 0 Å². The Labute approximate surface area is 71.5 Å². The van der Waals surface area contributed by atoms with Crippen molar-refractivity contribution in [2.24, 2.45) is 5.73 Å². The predicted molar refractivity (Wildman–Crippen MR) is 21.3 cm³/mol. The normalized spacial score (nSPS) is 11.7. The molecule has 0 heterocycles. The Balaban J connectivity index is 0. The Morgan fingerprint density at radius 2 is 2.00 bits per heavy atom. The fraction of sp³-hybridized carbons (Fsp3) is 0.667. The zero-order valence-electron chi connectivity index (χ0n) is 3.80. The average Bonchev–Trinajstić information content (AvgIpc) is 1.36. The smallest absolute Gasteiger partial charge is 0.320 e. The van der Waals surface area contributed by atoms with Crippen molar-refractivity contribution in [2.75, 3.05) is 0 Å². The van der Waals surface area contributed by atoms with Gasteiger partial charge in [-0.2, -0.15) is 0 Å². The third-order valence-electron chi connectivity index (χ3n) is 0.390. The van der Waals surface area contributed by atoms with Crippen LogP contribution in [0, 0.1) is 37.3 Å². The second-order valence-electron chi connectivity index (χ2n) is 1.13. The van der Waals surface area contributed by atoms with Crippen molar-refractivity contribution in [2.45, 2.75) is 13.0 Å². The van der Waals surface area contributed by atoms with Gasteiger partial charge in [0.05, 0.1) is 0 Å². The van der Waals surface area contributed by atoms with Crippen molar-refractivity contribution >= 4 is 5.97 Å². The Hall–Kier alpha value is 0.677. The molecule has 0 bridgehead atoms. The second kappa shape index (κ2) is 4.83. The van der Waals surface area contributed by atoms with Gasteiger partial charge in [0.25, 0.3) is 0 Å². The minimum atomic E-state index is -0.963. The number of carboxylic acid groups (broad SMARTS) is 1. The standard InChI is InChI=1S/C3H7NO2.Er/c1-2(4)3(5)6;/h2H,4H2,1H3,(H,5,6);/t2-;/m0./s1. The van der Waals surface area contributed by atoms with Crippen LogP contribution in [0.15, 0.2) is 0 Å². The number of aliphatic carboxylic acids is 1. The molecule has 0 amide bonds. The maximum Gasteiger partial charge on any atom is 0.320 e. The topological polar surface area (TPSA) is 63.3 Å². The van der Waals surface area contributed by atoms with E-state index in [1.807, 2.05) is 0 Å². The molecule has 0 radical (unpaired) electrons. The number of hydrogen-bond acceptors (Lipinski definition) is 2. The Kier molecular flexibility index (Phi) is 7.32. The summed E-state index contributed by atoms with van der Waals surface area (Å²) < 4.78 is 0. The van der Waals surface area contributed by atoms with Crippen LogP contribution in [-0.4, -0.2) is 17.1 Å². The van der Waals surface area contributed by atoms with Crippen molar-refractivity contribution in [3.63, 3.8) is 0 Å². The molecule has 0 aliphatic heterocycles. The summed E-state index contributed by atoms with van der Waals surface area (Å²) in [5, 5.41) is 7.87.